The second-order valence-corrected chi connectivity index (χ2v) is 5.46. The zero-order valence-corrected chi connectivity index (χ0v) is 13.0. The van der Waals surface area contributed by atoms with Crippen LogP contribution >= 0.6 is 0 Å². The molecule has 1 heterocycles. The first kappa shape index (κ1) is 15.6. The van der Waals surface area contributed by atoms with E-state index in [9.17, 15) is 4.79 Å². The zero-order chi connectivity index (χ0) is 15.4. The molecule has 2 N–H and O–H groups in total. The Morgan fingerprint density at radius 1 is 1.38 bits per heavy atom. The molecule has 0 aromatic heterocycles. The molecular formula is C16H24N2O3. The molecule has 0 spiro atoms. The maximum atomic E-state index is 12.9. The molecule has 21 heavy (non-hydrogen) atoms. The van der Waals surface area contributed by atoms with Gasteiger partial charge in [0.15, 0.2) is 11.5 Å². The van der Waals surface area contributed by atoms with Crippen molar-refractivity contribution in [3.05, 3.63) is 23.8 Å². The van der Waals surface area contributed by atoms with E-state index in [1.54, 1.807) is 32.4 Å². The summed E-state index contributed by atoms with van der Waals surface area (Å²) in [6, 6.07) is 5.45. The van der Waals surface area contributed by atoms with Crippen LogP contribution in [0.2, 0.25) is 0 Å². The molecule has 2 rings (SSSR count). The number of carbonyl (C=O) groups is 1. The highest BCUT2D eigenvalue weighted by atomic mass is 16.5. The third-order valence-corrected chi connectivity index (χ3v) is 4.25. The van der Waals surface area contributed by atoms with E-state index in [1.807, 2.05) is 4.90 Å². The first-order valence-corrected chi connectivity index (χ1v) is 7.36. The summed E-state index contributed by atoms with van der Waals surface area (Å²) in [6.07, 6.45) is 2.12. The van der Waals surface area contributed by atoms with Gasteiger partial charge >= 0.3 is 0 Å². The number of methoxy groups -OCH3 is 2. The number of hydrogen-bond acceptors (Lipinski definition) is 4. The number of nitrogens with zero attached hydrogens (tertiary/aromatic N) is 1. The van der Waals surface area contributed by atoms with Crippen LogP contribution in [0.25, 0.3) is 0 Å². The summed E-state index contributed by atoms with van der Waals surface area (Å²) in [5.41, 5.74) is 6.41. The molecule has 2 atom stereocenters. The lowest BCUT2D eigenvalue weighted by Crippen LogP contribution is -2.51. The number of carbonyl (C=O) groups excluding carboxylic acids is 1. The fourth-order valence-electron chi connectivity index (χ4n) is 3.07. The Morgan fingerprint density at radius 3 is 2.76 bits per heavy atom. The van der Waals surface area contributed by atoms with Crippen molar-refractivity contribution in [3.8, 4) is 11.5 Å². The van der Waals surface area contributed by atoms with E-state index in [-0.39, 0.29) is 11.9 Å². The highest BCUT2D eigenvalue weighted by Gasteiger charge is 2.32. The highest BCUT2D eigenvalue weighted by Crippen LogP contribution is 2.33. The van der Waals surface area contributed by atoms with E-state index in [0.717, 1.165) is 19.4 Å². The molecule has 1 amide bonds. The van der Waals surface area contributed by atoms with Crippen LogP contribution in [0.1, 0.15) is 30.1 Å². The van der Waals surface area contributed by atoms with Crippen LogP contribution in [0.5, 0.6) is 11.5 Å². The topological polar surface area (TPSA) is 64.8 Å². The predicted molar refractivity (Wildman–Crippen MR) is 81.8 cm³/mol. The van der Waals surface area contributed by atoms with Crippen LogP contribution in [0.15, 0.2) is 18.2 Å². The number of nitrogens with two attached hydrogens (primary N) is 1. The molecule has 0 radical (unpaired) electrons. The van der Waals surface area contributed by atoms with Gasteiger partial charge in [0.1, 0.15) is 0 Å². The van der Waals surface area contributed by atoms with Crippen molar-refractivity contribution in [3.63, 3.8) is 0 Å². The second kappa shape index (κ2) is 6.80. The Bertz CT molecular complexity index is 504. The lowest BCUT2D eigenvalue weighted by Gasteiger charge is -2.39. The molecule has 1 fully saturated rings. The van der Waals surface area contributed by atoms with Crippen molar-refractivity contribution in [2.24, 2.45) is 11.7 Å². The number of likely N-dealkylation sites (tertiary alicyclic amines) is 1. The molecular weight excluding hydrogens is 268 g/mol. The molecule has 0 bridgehead atoms. The van der Waals surface area contributed by atoms with Gasteiger partial charge in [-0.3, -0.25) is 4.79 Å². The first-order valence-electron chi connectivity index (χ1n) is 7.36. The van der Waals surface area contributed by atoms with Gasteiger partial charge in [-0.25, -0.2) is 0 Å². The first-order chi connectivity index (χ1) is 10.1. The fourth-order valence-corrected chi connectivity index (χ4v) is 3.07. The summed E-state index contributed by atoms with van der Waals surface area (Å²) in [5, 5.41) is 0. The van der Waals surface area contributed by atoms with Crippen LogP contribution in [0, 0.1) is 5.92 Å². The molecule has 2 unspecified atom stereocenters. The quantitative estimate of drug-likeness (QED) is 0.920. The van der Waals surface area contributed by atoms with Crippen molar-refractivity contribution in [1.29, 1.82) is 0 Å². The Balaban J connectivity index is 2.35. The second-order valence-electron chi connectivity index (χ2n) is 5.46. The number of ether oxygens (including phenoxy) is 2. The van der Waals surface area contributed by atoms with Crippen LogP contribution in [0.4, 0.5) is 0 Å². The molecule has 5 heteroatoms. The molecule has 1 aliphatic rings. The molecule has 1 aliphatic heterocycles. The monoisotopic (exact) mass is 292 g/mol. The van der Waals surface area contributed by atoms with E-state index in [0.29, 0.717) is 29.5 Å². The minimum atomic E-state index is -0.0345. The number of para-hydroxylation sites is 1. The number of hydrogen-bond donors (Lipinski definition) is 1. The van der Waals surface area contributed by atoms with Crippen molar-refractivity contribution >= 4 is 5.91 Å². The highest BCUT2D eigenvalue weighted by molar-refractivity contribution is 5.98. The molecule has 116 valence electrons. The standard InChI is InChI=1S/C16H24N2O3/c1-11-6-5-9-18(13(11)10-17)16(19)12-7-4-8-14(20-2)15(12)21-3/h4,7-8,11,13H,5-6,9-10,17H2,1-3H3. The SMILES string of the molecule is COc1cccc(C(=O)N2CCCC(C)C2CN)c1OC. The summed E-state index contributed by atoms with van der Waals surface area (Å²) >= 11 is 0. The Hall–Kier alpha value is -1.75. The van der Waals surface area contributed by atoms with Crippen LogP contribution < -0.4 is 15.2 Å². The molecule has 1 aromatic carbocycles. The van der Waals surface area contributed by atoms with E-state index < -0.39 is 0 Å². The molecule has 0 aliphatic carbocycles. The molecule has 5 nitrogen and oxygen atoms in total. The van der Waals surface area contributed by atoms with Gasteiger partial charge in [0.2, 0.25) is 0 Å². The number of amides is 1. The van der Waals surface area contributed by atoms with Gasteiger partial charge in [0, 0.05) is 19.1 Å². The van der Waals surface area contributed by atoms with Crippen LogP contribution in [-0.2, 0) is 0 Å². The Labute approximate surface area is 126 Å². The third-order valence-electron chi connectivity index (χ3n) is 4.25. The Morgan fingerprint density at radius 2 is 2.14 bits per heavy atom. The summed E-state index contributed by atoms with van der Waals surface area (Å²) in [7, 11) is 3.12. The Kier molecular flexibility index (Phi) is 5.07. The molecule has 1 saturated heterocycles. The lowest BCUT2D eigenvalue weighted by molar-refractivity contribution is 0.0529. The number of piperidine rings is 1. The van der Waals surface area contributed by atoms with Gasteiger partial charge in [0.25, 0.3) is 5.91 Å². The van der Waals surface area contributed by atoms with E-state index in [2.05, 4.69) is 6.92 Å². The van der Waals surface area contributed by atoms with Crippen LogP contribution in [0.3, 0.4) is 0 Å². The largest absolute Gasteiger partial charge is 0.493 e. The maximum absolute atomic E-state index is 12.9. The fraction of sp³-hybridized carbons (Fsp3) is 0.562. The summed E-state index contributed by atoms with van der Waals surface area (Å²) in [5.74, 6) is 1.44. The summed E-state index contributed by atoms with van der Waals surface area (Å²) < 4.78 is 10.6. The smallest absolute Gasteiger partial charge is 0.258 e. The van der Waals surface area contributed by atoms with E-state index in [1.165, 1.54) is 0 Å². The zero-order valence-electron chi connectivity index (χ0n) is 13.0. The van der Waals surface area contributed by atoms with Gasteiger partial charge in [-0.1, -0.05) is 13.0 Å². The van der Waals surface area contributed by atoms with E-state index >= 15 is 0 Å². The van der Waals surface area contributed by atoms with Gasteiger partial charge in [-0.15, -0.1) is 0 Å². The minimum Gasteiger partial charge on any atom is -0.493 e. The van der Waals surface area contributed by atoms with Crippen molar-refractivity contribution in [1.82, 2.24) is 4.90 Å². The van der Waals surface area contributed by atoms with Gasteiger partial charge < -0.3 is 20.1 Å². The average Bonchev–Trinajstić information content (AvgIpc) is 2.52. The van der Waals surface area contributed by atoms with Gasteiger partial charge in [-0.05, 0) is 30.9 Å². The van der Waals surface area contributed by atoms with E-state index in [4.69, 9.17) is 15.2 Å². The van der Waals surface area contributed by atoms with Gasteiger partial charge in [0.05, 0.1) is 19.8 Å². The summed E-state index contributed by atoms with van der Waals surface area (Å²) in [4.78, 5) is 14.8. The number of benzene rings is 1. The molecule has 1 aromatic rings. The summed E-state index contributed by atoms with van der Waals surface area (Å²) in [6.45, 7) is 3.38. The average molecular weight is 292 g/mol. The normalized spacial score (nSPS) is 22.0. The lowest BCUT2D eigenvalue weighted by atomic mass is 9.90. The third kappa shape index (κ3) is 2.97. The van der Waals surface area contributed by atoms with Crippen molar-refractivity contribution in [2.45, 2.75) is 25.8 Å². The van der Waals surface area contributed by atoms with Crippen LogP contribution in [-0.4, -0.2) is 44.2 Å². The molecule has 0 saturated carbocycles. The predicted octanol–water partition coefficient (Wildman–Crippen LogP) is 1.90. The maximum Gasteiger partial charge on any atom is 0.258 e. The minimum absolute atomic E-state index is 0.0345. The van der Waals surface area contributed by atoms with Crippen molar-refractivity contribution in [2.75, 3.05) is 27.3 Å². The number of rotatable bonds is 4. The van der Waals surface area contributed by atoms with Gasteiger partial charge in [-0.2, -0.15) is 0 Å². The van der Waals surface area contributed by atoms with Crippen molar-refractivity contribution < 1.29 is 14.3 Å².